The van der Waals surface area contributed by atoms with Crippen LogP contribution < -0.4 is 4.90 Å². The van der Waals surface area contributed by atoms with E-state index in [0.29, 0.717) is 12.0 Å². The maximum atomic E-state index is 11.0. The molecule has 1 aliphatic heterocycles. The van der Waals surface area contributed by atoms with Gasteiger partial charge in [-0.05, 0) is 26.9 Å². The number of carbonyl (C=O) groups is 1. The van der Waals surface area contributed by atoms with Gasteiger partial charge in [-0.25, -0.2) is 9.78 Å². The summed E-state index contributed by atoms with van der Waals surface area (Å²) in [7, 11) is 4.17. The lowest BCUT2D eigenvalue weighted by Gasteiger charge is -2.22. The van der Waals surface area contributed by atoms with Gasteiger partial charge in [0.25, 0.3) is 0 Å². The maximum Gasteiger partial charge on any atom is 0.355 e. The molecule has 1 N–H and O–H groups in total. The van der Waals surface area contributed by atoms with Crippen molar-refractivity contribution in [1.82, 2.24) is 9.88 Å². The van der Waals surface area contributed by atoms with Crippen molar-refractivity contribution in [3.05, 3.63) is 10.6 Å². The number of carboxylic acids is 1. The second kappa shape index (κ2) is 4.85. The first-order valence-electron chi connectivity index (χ1n) is 6.02. The lowest BCUT2D eigenvalue weighted by Crippen LogP contribution is -2.34. The molecule has 1 aromatic rings. The van der Waals surface area contributed by atoms with Gasteiger partial charge in [0.2, 0.25) is 0 Å². The zero-order valence-electron chi connectivity index (χ0n) is 11.2. The molecule has 0 aromatic carbocycles. The molecule has 2 rings (SSSR count). The summed E-state index contributed by atoms with van der Waals surface area (Å²) in [6.45, 7) is 5.89. The zero-order valence-corrected chi connectivity index (χ0v) is 12.0. The molecule has 1 saturated heterocycles. The molecule has 2 unspecified atom stereocenters. The summed E-state index contributed by atoms with van der Waals surface area (Å²) in [6.07, 6.45) is 0. The van der Waals surface area contributed by atoms with E-state index in [2.05, 4.69) is 35.8 Å². The van der Waals surface area contributed by atoms with Gasteiger partial charge in [0, 0.05) is 24.0 Å². The molecule has 0 aliphatic carbocycles. The van der Waals surface area contributed by atoms with Gasteiger partial charge in [-0.2, -0.15) is 0 Å². The number of carboxylic acid groups (broad SMARTS) is 1. The highest BCUT2D eigenvalue weighted by atomic mass is 32.1. The summed E-state index contributed by atoms with van der Waals surface area (Å²) < 4.78 is 0. The van der Waals surface area contributed by atoms with E-state index in [1.807, 2.05) is 6.92 Å². The normalized spacial score (nSPS) is 23.9. The average molecular weight is 269 g/mol. The van der Waals surface area contributed by atoms with E-state index in [0.717, 1.165) is 23.1 Å². The fraction of sp³-hybridized carbons (Fsp3) is 0.667. The number of hydrogen-bond donors (Lipinski definition) is 1. The van der Waals surface area contributed by atoms with E-state index >= 15 is 0 Å². The Bertz CT molecular complexity index is 458. The second-order valence-electron chi connectivity index (χ2n) is 5.12. The highest BCUT2D eigenvalue weighted by molar-refractivity contribution is 7.15. The number of aromatic carboxylic acids is 1. The lowest BCUT2D eigenvalue weighted by molar-refractivity contribution is 0.0690. The maximum absolute atomic E-state index is 11.0. The molecule has 0 radical (unpaired) electrons. The van der Waals surface area contributed by atoms with E-state index in [-0.39, 0.29) is 5.69 Å². The molecule has 1 fully saturated rings. The van der Waals surface area contributed by atoms with Crippen molar-refractivity contribution in [3.63, 3.8) is 0 Å². The molecule has 0 spiro atoms. The number of aryl methyl sites for hydroxylation is 1. The quantitative estimate of drug-likeness (QED) is 0.902. The standard InChI is InChI=1S/C12H19N3O2S/c1-7-5-15(6-9(7)14(3)4)12-13-10(11(16)17)8(2)18-12/h7,9H,5-6H2,1-4H3,(H,16,17). The molecule has 6 heteroatoms. The van der Waals surface area contributed by atoms with Gasteiger partial charge in [0.1, 0.15) is 0 Å². The number of thiazole rings is 1. The van der Waals surface area contributed by atoms with Crippen molar-refractivity contribution in [2.24, 2.45) is 5.92 Å². The van der Waals surface area contributed by atoms with Crippen LogP contribution in [0.25, 0.3) is 0 Å². The van der Waals surface area contributed by atoms with Crippen molar-refractivity contribution in [2.75, 3.05) is 32.1 Å². The molecule has 0 bridgehead atoms. The van der Waals surface area contributed by atoms with Crippen LogP contribution in [0.4, 0.5) is 5.13 Å². The predicted octanol–water partition coefficient (Wildman–Crippen LogP) is 1.54. The van der Waals surface area contributed by atoms with Crippen molar-refractivity contribution in [2.45, 2.75) is 19.9 Å². The zero-order chi connectivity index (χ0) is 13.4. The van der Waals surface area contributed by atoms with Crippen molar-refractivity contribution < 1.29 is 9.90 Å². The summed E-state index contributed by atoms with van der Waals surface area (Å²) in [6, 6.07) is 0.502. The minimum absolute atomic E-state index is 0.191. The summed E-state index contributed by atoms with van der Waals surface area (Å²) >= 11 is 1.47. The third-order valence-corrected chi connectivity index (χ3v) is 4.53. The summed E-state index contributed by atoms with van der Waals surface area (Å²) in [5.74, 6) is -0.371. The van der Waals surface area contributed by atoms with E-state index in [1.165, 1.54) is 11.3 Å². The Morgan fingerprint density at radius 1 is 1.50 bits per heavy atom. The molecule has 2 atom stereocenters. The Morgan fingerprint density at radius 2 is 2.17 bits per heavy atom. The van der Waals surface area contributed by atoms with Gasteiger partial charge in [-0.15, -0.1) is 11.3 Å². The van der Waals surface area contributed by atoms with E-state index < -0.39 is 5.97 Å². The van der Waals surface area contributed by atoms with Crippen LogP contribution in [0.5, 0.6) is 0 Å². The van der Waals surface area contributed by atoms with Crippen LogP contribution in [0.3, 0.4) is 0 Å². The molecule has 1 aliphatic rings. The molecule has 0 amide bonds. The fourth-order valence-corrected chi connectivity index (χ4v) is 3.41. The Kier molecular flexibility index (Phi) is 3.59. The highest BCUT2D eigenvalue weighted by Crippen LogP contribution is 2.31. The monoisotopic (exact) mass is 269 g/mol. The molecular formula is C12H19N3O2S. The van der Waals surface area contributed by atoms with Gasteiger partial charge in [0.05, 0.1) is 0 Å². The van der Waals surface area contributed by atoms with Crippen LogP contribution in [0.1, 0.15) is 22.3 Å². The minimum atomic E-state index is -0.939. The SMILES string of the molecule is Cc1sc(N2CC(C)C(N(C)C)C2)nc1C(=O)O. The number of nitrogens with zero attached hydrogens (tertiary/aromatic N) is 3. The Labute approximate surface area is 111 Å². The lowest BCUT2D eigenvalue weighted by atomic mass is 10.1. The van der Waals surface area contributed by atoms with Crippen LogP contribution >= 0.6 is 11.3 Å². The summed E-state index contributed by atoms with van der Waals surface area (Å²) in [5.41, 5.74) is 0.191. The molecule has 100 valence electrons. The first-order valence-corrected chi connectivity index (χ1v) is 6.84. The van der Waals surface area contributed by atoms with Gasteiger partial charge >= 0.3 is 5.97 Å². The topological polar surface area (TPSA) is 56.7 Å². The van der Waals surface area contributed by atoms with E-state index in [9.17, 15) is 4.79 Å². The first-order chi connectivity index (χ1) is 8.40. The molecule has 1 aromatic heterocycles. The smallest absolute Gasteiger partial charge is 0.355 e. The predicted molar refractivity (Wildman–Crippen MR) is 72.7 cm³/mol. The highest BCUT2D eigenvalue weighted by Gasteiger charge is 2.33. The first kappa shape index (κ1) is 13.3. The van der Waals surface area contributed by atoms with Crippen LogP contribution in [0.15, 0.2) is 0 Å². The van der Waals surface area contributed by atoms with Gasteiger partial charge in [0.15, 0.2) is 10.8 Å². The van der Waals surface area contributed by atoms with E-state index in [1.54, 1.807) is 0 Å². The Morgan fingerprint density at radius 3 is 2.61 bits per heavy atom. The fourth-order valence-electron chi connectivity index (χ4n) is 2.49. The number of rotatable bonds is 3. The molecule has 5 nitrogen and oxygen atoms in total. The largest absolute Gasteiger partial charge is 0.476 e. The number of hydrogen-bond acceptors (Lipinski definition) is 5. The van der Waals surface area contributed by atoms with Crippen LogP contribution in [-0.2, 0) is 0 Å². The van der Waals surface area contributed by atoms with Crippen LogP contribution in [-0.4, -0.2) is 54.2 Å². The number of likely N-dealkylation sites (N-methyl/N-ethyl adjacent to an activating group) is 1. The second-order valence-corrected chi connectivity index (χ2v) is 6.30. The van der Waals surface area contributed by atoms with Crippen molar-refractivity contribution in [1.29, 1.82) is 0 Å². The van der Waals surface area contributed by atoms with E-state index in [4.69, 9.17) is 5.11 Å². The number of aromatic nitrogens is 1. The third-order valence-electron chi connectivity index (χ3n) is 3.49. The van der Waals surface area contributed by atoms with Crippen LogP contribution in [0.2, 0.25) is 0 Å². The average Bonchev–Trinajstić information content (AvgIpc) is 2.81. The van der Waals surface area contributed by atoms with Crippen molar-refractivity contribution in [3.8, 4) is 0 Å². The molecule has 18 heavy (non-hydrogen) atoms. The van der Waals surface area contributed by atoms with Gasteiger partial charge < -0.3 is 14.9 Å². The Hall–Kier alpha value is -1.14. The summed E-state index contributed by atoms with van der Waals surface area (Å²) in [4.78, 5) is 20.4. The molecular weight excluding hydrogens is 250 g/mol. The van der Waals surface area contributed by atoms with Crippen LogP contribution in [0, 0.1) is 12.8 Å². The molecule has 2 heterocycles. The minimum Gasteiger partial charge on any atom is -0.476 e. The number of anilines is 1. The third kappa shape index (κ3) is 2.35. The van der Waals surface area contributed by atoms with Gasteiger partial charge in [-0.1, -0.05) is 6.92 Å². The molecule has 0 saturated carbocycles. The van der Waals surface area contributed by atoms with Crippen molar-refractivity contribution >= 4 is 22.4 Å². The Balaban J connectivity index is 2.19. The van der Waals surface area contributed by atoms with Gasteiger partial charge in [-0.3, -0.25) is 0 Å². The summed E-state index contributed by atoms with van der Waals surface area (Å²) in [5, 5.41) is 9.87.